The zero-order valence-corrected chi connectivity index (χ0v) is 18.7. The second-order valence-corrected chi connectivity index (χ2v) is 7.64. The van der Waals surface area contributed by atoms with Gasteiger partial charge in [-0.3, -0.25) is 4.79 Å². The number of amides is 1. The van der Waals surface area contributed by atoms with Crippen LogP contribution < -0.4 is 10.2 Å². The van der Waals surface area contributed by atoms with Gasteiger partial charge in [0.05, 0.1) is 11.8 Å². The minimum atomic E-state index is -0.778. The van der Waals surface area contributed by atoms with E-state index in [1.54, 1.807) is 42.5 Å². The Labute approximate surface area is 196 Å². The fourth-order valence-electron chi connectivity index (χ4n) is 3.48. The molecule has 0 spiro atoms. The molecule has 4 rings (SSSR count). The molecule has 4 aromatic rings. The summed E-state index contributed by atoms with van der Waals surface area (Å²) >= 11 is 0. The lowest BCUT2D eigenvalue weighted by molar-refractivity contribution is 0.0729. The molecule has 0 radical (unpaired) electrons. The van der Waals surface area contributed by atoms with Gasteiger partial charge in [-0.25, -0.2) is 14.6 Å². The molecule has 1 heterocycles. The highest BCUT2D eigenvalue weighted by atomic mass is 19.1. The number of hydrogen-bond donors (Lipinski definition) is 1. The smallest absolute Gasteiger partial charge is 0.346 e. The van der Waals surface area contributed by atoms with E-state index in [1.165, 1.54) is 24.4 Å². The third-order valence-corrected chi connectivity index (χ3v) is 5.22. The van der Waals surface area contributed by atoms with Gasteiger partial charge in [0.15, 0.2) is 0 Å². The third-order valence-electron chi connectivity index (χ3n) is 5.22. The van der Waals surface area contributed by atoms with Crippen LogP contribution in [-0.4, -0.2) is 22.7 Å². The van der Waals surface area contributed by atoms with E-state index < -0.39 is 11.8 Å². The van der Waals surface area contributed by atoms with Crippen LogP contribution in [0, 0.1) is 19.7 Å². The molecule has 0 atom stereocenters. The van der Waals surface area contributed by atoms with Crippen LogP contribution in [0.3, 0.4) is 0 Å². The molecule has 7 heteroatoms. The molecule has 0 aliphatic heterocycles. The van der Waals surface area contributed by atoms with Crippen LogP contribution in [0.25, 0.3) is 5.69 Å². The fraction of sp³-hybridized carbons (Fsp3) is 0.0741. The van der Waals surface area contributed by atoms with Gasteiger partial charge < -0.3 is 9.30 Å². The van der Waals surface area contributed by atoms with Crippen LogP contribution in [0.4, 0.5) is 4.39 Å². The largest absolute Gasteiger partial charge is 0.423 e. The molecule has 1 amide bonds. The first-order chi connectivity index (χ1) is 16.4. The van der Waals surface area contributed by atoms with E-state index in [2.05, 4.69) is 15.1 Å². The molecule has 1 N–H and O–H groups in total. The second-order valence-electron chi connectivity index (χ2n) is 7.64. The minimum Gasteiger partial charge on any atom is -0.423 e. The number of hydrogen-bond acceptors (Lipinski definition) is 4. The summed E-state index contributed by atoms with van der Waals surface area (Å²) < 4.78 is 21.0. The Morgan fingerprint density at radius 2 is 1.53 bits per heavy atom. The summed E-state index contributed by atoms with van der Waals surface area (Å²) in [5, 5.41) is 3.98. The maximum absolute atomic E-state index is 13.7. The van der Waals surface area contributed by atoms with Gasteiger partial charge in [0, 0.05) is 22.6 Å². The Balaban J connectivity index is 1.34. The third kappa shape index (κ3) is 5.10. The summed E-state index contributed by atoms with van der Waals surface area (Å²) in [6.07, 6.45) is 1.47. The van der Waals surface area contributed by atoms with Crippen molar-refractivity contribution < 1.29 is 18.7 Å². The molecule has 1 aromatic heterocycles. The maximum atomic E-state index is 13.7. The summed E-state index contributed by atoms with van der Waals surface area (Å²) in [7, 11) is 0. The Hall–Kier alpha value is -4.52. The van der Waals surface area contributed by atoms with Crippen molar-refractivity contribution in [2.45, 2.75) is 13.8 Å². The number of benzene rings is 3. The van der Waals surface area contributed by atoms with Crippen molar-refractivity contribution in [3.63, 3.8) is 0 Å². The monoisotopic (exact) mass is 455 g/mol. The summed E-state index contributed by atoms with van der Waals surface area (Å²) in [6, 6.07) is 23.4. The molecule has 0 aliphatic carbocycles. The predicted molar refractivity (Wildman–Crippen MR) is 128 cm³/mol. The molecule has 0 saturated carbocycles. The van der Waals surface area contributed by atoms with Gasteiger partial charge in [0.25, 0.3) is 5.91 Å². The van der Waals surface area contributed by atoms with Crippen LogP contribution in [0.5, 0.6) is 5.75 Å². The predicted octanol–water partition coefficient (Wildman–Crippen LogP) is 5.22. The molecular weight excluding hydrogens is 433 g/mol. The van der Waals surface area contributed by atoms with Gasteiger partial charge in [-0.2, -0.15) is 5.10 Å². The molecule has 3 aromatic carbocycles. The van der Waals surface area contributed by atoms with E-state index in [-0.39, 0.29) is 17.2 Å². The lowest BCUT2D eigenvalue weighted by atomic mass is 10.2. The highest BCUT2D eigenvalue weighted by Gasteiger charge is 2.13. The number of aromatic nitrogens is 1. The quantitative estimate of drug-likeness (QED) is 0.188. The van der Waals surface area contributed by atoms with Crippen molar-refractivity contribution in [1.82, 2.24) is 9.99 Å². The zero-order chi connectivity index (χ0) is 24.1. The van der Waals surface area contributed by atoms with Gasteiger partial charge in [0.2, 0.25) is 0 Å². The summed E-state index contributed by atoms with van der Waals surface area (Å²) in [4.78, 5) is 24.5. The number of nitrogens with zero attached hydrogens (tertiary/aromatic N) is 2. The highest BCUT2D eigenvalue weighted by molar-refractivity contribution is 5.95. The minimum absolute atomic E-state index is 0.137. The van der Waals surface area contributed by atoms with Crippen LogP contribution in [0.15, 0.2) is 90.0 Å². The number of hydrazone groups is 1. The SMILES string of the molecule is Cc1ccc(C)n1-c1ccc(C(=O)N/N=C\c2ccc(OC(=O)c3ccccc3F)cc2)cc1. The molecule has 170 valence electrons. The Kier molecular flexibility index (Phi) is 6.64. The first-order valence-corrected chi connectivity index (χ1v) is 10.6. The highest BCUT2D eigenvalue weighted by Crippen LogP contribution is 2.17. The van der Waals surface area contributed by atoms with Crippen molar-refractivity contribution in [3.8, 4) is 11.4 Å². The van der Waals surface area contributed by atoms with E-state index in [0.717, 1.165) is 17.1 Å². The van der Waals surface area contributed by atoms with Crippen molar-refractivity contribution in [2.24, 2.45) is 5.10 Å². The molecule has 0 saturated heterocycles. The number of carbonyl (C=O) groups excluding carboxylic acids is 2. The van der Waals surface area contributed by atoms with Crippen LogP contribution in [-0.2, 0) is 0 Å². The van der Waals surface area contributed by atoms with Crippen LogP contribution in [0.2, 0.25) is 0 Å². The number of rotatable bonds is 6. The molecule has 0 bridgehead atoms. The van der Waals surface area contributed by atoms with E-state index in [9.17, 15) is 14.0 Å². The van der Waals surface area contributed by atoms with Crippen LogP contribution in [0.1, 0.15) is 37.7 Å². The number of esters is 1. The van der Waals surface area contributed by atoms with Gasteiger partial charge in [-0.1, -0.05) is 12.1 Å². The number of halogens is 1. The first kappa shape index (κ1) is 22.7. The number of ether oxygens (including phenoxy) is 1. The van der Waals surface area contributed by atoms with Crippen molar-refractivity contribution in [3.05, 3.63) is 119 Å². The standard InChI is InChI=1S/C27H22FN3O3/c1-18-7-8-19(2)31(18)22-13-11-21(12-14-22)26(32)30-29-17-20-9-15-23(16-10-20)34-27(33)24-5-3-4-6-25(24)28/h3-17H,1-2H3,(H,30,32)/b29-17-. The van der Waals surface area contributed by atoms with E-state index >= 15 is 0 Å². The van der Waals surface area contributed by atoms with Gasteiger partial charge in [-0.05, 0) is 92.2 Å². The Bertz CT molecular complexity index is 1340. The van der Waals surface area contributed by atoms with Crippen molar-refractivity contribution in [2.75, 3.05) is 0 Å². The summed E-state index contributed by atoms with van der Waals surface area (Å²) in [6.45, 7) is 4.06. The zero-order valence-electron chi connectivity index (χ0n) is 18.7. The average molecular weight is 455 g/mol. The normalized spacial score (nSPS) is 10.9. The Morgan fingerprint density at radius 3 is 2.18 bits per heavy atom. The fourth-order valence-corrected chi connectivity index (χ4v) is 3.48. The molecule has 0 aliphatic rings. The topological polar surface area (TPSA) is 72.7 Å². The second kappa shape index (κ2) is 9.95. The summed E-state index contributed by atoms with van der Waals surface area (Å²) in [5.41, 5.74) is 6.74. The molecule has 0 fully saturated rings. The van der Waals surface area contributed by atoms with Gasteiger partial charge in [0.1, 0.15) is 11.6 Å². The average Bonchev–Trinajstić information content (AvgIpc) is 3.18. The van der Waals surface area contributed by atoms with E-state index in [0.29, 0.717) is 11.1 Å². The molecule has 34 heavy (non-hydrogen) atoms. The molecular formula is C27H22FN3O3. The first-order valence-electron chi connectivity index (χ1n) is 10.6. The maximum Gasteiger partial charge on any atom is 0.346 e. The van der Waals surface area contributed by atoms with Crippen molar-refractivity contribution >= 4 is 18.1 Å². The van der Waals surface area contributed by atoms with E-state index in [1.807, 2.05) is 38.1 Å². The Morgan fingerprint density at radius 1 is 0.882 bits per heavy atom. The number of carbonyl (C=O) groups is 2. The molecule has 6 nitrogen and oxygen atoms in total. The van der Waals surface area contributed by atoms with Crippen LogP contribution >= 0.6 is 0 Å². The lowest BCUT2D eigenvalue weighted by Crippen LogP contribution is -2.17. The van der Waals surface area contributed by atoms with Gasteiger partial charge in [-0.15, -0.1) is 0 Å². The van der Waals surface area contributed by atoms with E-state index in [4.69, 9.17) is 4.74 Å². The van der Waals surface area contributed by atoms with Crippen molar-refractivity contribution in [1.29, 1.82) is 0 Å². The summed E-state index contributed by atoms with van der Waals surface area (Å²) in [5.74, 6) is -1.49. The van der Waals surface area contributed by atoms with Gasteiger partial charge >= 0.3 is 5.97 Å². The molecule has 0 unspecified atom stereocenters. The lowest BCUT2D eigenvalue weighted by Gasteiger charge is -2.10. The number of aryl methyl sites for hydroxylation is 2. The number of nitrogens with one attached hydrogen (secondary N) is 1.